The normalized spacial score (nSPS) is 10.9. The number of ether oxygens (including phenoxy) is 1. The molecule has 4 aromatic rings. The first-order valence-electron chi connectivity index (χ1n) is 10.5. The van der Waals surface area contributed by atoms with Crippen molar-refractivity contribution in [3.63, 3.8) is 0 Å². The maximum Gasteiger partial charge on any atom is 0.291 e. The molecule has 0 unspecified atom stereocenters. The second-order valence-electron chi connectivity index (χ2n) is 7.68. The second kappa shape index (κ2) is 9.98. The van der Waals surface area contributed by atoms with E-state index in [1.165, 1.54) is 30.3 Å². The highest BCUT2D eigenvalue weighted by atomic mass is 35.5. The molecule has 0 saturated carbocycles. The maximum atomic E-state index is 14.0. The number of halogens is 2. The Morgan fingerprint density at radius 3 is 2.74 bits per heavy atom. The van der Waals surface area contributed by atoms with Crippen molar-refractivity contribution >= 4 is 28.9 Å². The number of rotatable bonds is 8. The molecule has 9 nitrogen and oxygen atoms in total. The number of anilines is 1. The standard InChI is InChI=1S/C24H20ClFN4O5/c1-14-23(15(2)29(28-14)12-16-5-3-4-6-20(16)26)27-24(31)21-10-8-18(35-21)13-34-22-11-17(30(32)33)7-9-19(22)25/h3-11H,12-13H2,1-2H3,(H,27,31). The Kier molecular flexibility index (Phi) is 6.83. The van der Waals surface area contributed by atoms with Gasteiger partial charge in [-0.15, -0.1) is 0 Å². The zero-order chi connectivity index (χ0) is 25.1. The van der Waals surface area contributed by atoms with Crippen LogP contribution in [-0.4, -0.2) is 20.6 Å². The van der Waals surface area contributed by atoms with Gasteiger partial charge in [0.05, 0.1) is 39.6 Å². The Morgan fingerprint density at radius 2 is 2.00 bits per heavy atom. The third-order valence-corrected chi connectivity index (χ3v) is 5.59. The van der Waals surface area contributed by atoms with E-state index in [1.807, 2.05) is 0 Å². The number of nitrogens with one attached hydrogen (secondary N) is 1. The van der Waals surface area contributed by atoms with E-state index in [4.69, 9.17) is 20.8 Å². The van der Waals surface area contributed by atoms with Crippen LogP contribution in [0.5, 0.6) is 5.75 Å². The minimum absolute atomic E-state index is 0.0365. The Labute approximate surface area is 204 Å². The minimum Gasteiger partial charge on any atom is -0.484 e. The topological polar surface area (TPSA) is 112 Å². The van der Waals surface area contributed by atoms with Crippen LogP contribution in [0.2, 0.25) is 5.02 Å². The van der Waals surface area contributed by atoms with Crippen molar-refractivity contribution in [3.8, 4) is 5.75 Å². The summed E-state index contributed by atoms with van der Waals surface area (Å²) < 4.78 is 26.7. The van der Waals surface area contributed by atoms with E-state index in [1.54, 1.807) is 42.8 Å². The number of nitro groups is 1. The van der Waals surface area contributed by atoms with E-state index in [0.717, 1.165) is 0 Å². The van der Waals surface area contributed by atoms with Crippen molar-refractivity contribution in [1.82, 2.24) is 9.78 Å². The molecule has 4 rings (SSSR count). The van der Waals surface area contributed by atoms with Crippen LogP contribution in [0.3, 0.4) is 0 Å². The van der Waals surface area contributed by atoms with Crippen molar-refractivity contribution in [3.05, 3.63) is 104 Å². The summed E-state index contributed by atoms with van der Waals surface area (Å²) in [5.74, 6) is -0.351. The van der Waals surface area contributed by atoms with Gasteiger partial charge in [0, 0.05) is 11.6 Å². The number of carbonyl (C=O) groups is 1. The van der Waals surface area contributed by atoms with Crippen molar-refractivity contribution in [1.29, 1.82) is 0 Å². The summed E-state index contributed by atoms with van der Waals surface area (Å²) in [5.41, 5.74) is 2.06. The molecule has 180 valence electrons. The number of hydrogen-bond acceptors (Lipinski definition) is 6. The number of aryl methyl sites for hydroxylation is 1. The molecule has 2 aromatic heterocycles. The molecule has 0 saturated heterocycles. The van der Waals surface area contributed by atoms with Gasteiger partial charge in [0.25, 0.3) is 11.6 Å². The molecule has 35 heavy (non-hydrogen) atoms. The summed E-state index contributed by atoms with van der Waals surface area (Å²) in [7, 11) is 0. The summed E-state index contributed by atoms with van der Waals surface area (Å²) in [4.78, 5) is 23.2. The number of hydrogen-bond donors (Lipinski definition) is 1. The van der Waals surface area contributed by atoms with Gasteiger partial charge in [0.15, 0.2) is 5.76 Å². The molecule has 0 atom stereocenters. The van der Waals surface area contributed by atoms with Crippen molar-refractivity contribution in [2.24, 2.45) is 0 Å². The number of non-ortho nitro benzene ring substituents is 1. The van der Waals surface area contributed by atoms with Gasteiger partial charge in [-0.2, -0.15) is 5.10 Å². The fourth-order valence-corrected chi connectivity index (χ4v) is 3.61. The summed E-state index contributed by atoms with van der Waals surface area (Å²) in [6.07, 6.45) is 0. The zero-order valence-corrected chi connectivity index (χ0v) is 19.5. The van der Waals surface area contributed by atoms with Crippen LogP contribution in [-0.2, 0) is 13.2 Å². The van der Waals surface area contributed by atoms with Gasteiger partial charge in [0.1, 0.15) is 23.9 Å². The van der Waals surface area contributed by atoms with Crippen molar-refractivity contribution in [2.75, 3.05) is 5.32 Å². The van der Waals surface area contributed by atoms with Crippen molar-refractivity contribution < 1.29 is 23.3 Å². The highest BCUT2D eigenvalue weighted by Crippen LogP contribution is 2.30. The van der Waals surface area contributed by atoms with Crippen LogP contribution in [0.4, 0.5) is 15.8 Å². The first kappa shape index (κ1) is 24.0. The van der Waals surface area contributed by atoms with E-state index in [0.29, 0.717) is 28.4 Å². The average Bonchev–Trinajstić information content (AvgIpc) is 3.40. The number of amides is 1. The van der Waals surface area contributed by atoms with Crippen LogP contribution >= 0.6 is 11.6 Å². The Hall–Kier alpha value is -4.18. The van der Waals surface area contributed by atoms with Gasteiger partial charge in [-0.25, -0.2) is 4.39 Å². The zero-order valence-electron chi connectivity index (χ0n) is 18.7. The molecule has 1 amide bonds. The Balaban J connectivity index is 1.43. The van der Waals surface area contributed by atoms with Crippen LogP contribution in [0.15, 0.2) is 59.0 Å². The number of benzene rings is 2. The molecule has 0 radical (unpaired) electrons. The Bertz CT molecular complexity index is 1410. The molecular formula is C24H20ClFN4O5. The van der Waals surface area contributed by atoms with Gasteiger partial charge < -0.3 is 14.5 Å². The molecule has 11 heteroatoms. The number of aromatic nitrogens is 2. The first-order chi connectivity index (χ1) is 16.7. The Morgan fingerprint density at radius 1 is 1.23 bits per heavy atom. The van der Waals surface area contributed by atoms with Crippen LogP contribution in [0, 0.1) is 29.8 Å². The molecule has 0 aliphatic heterocycles. The average molecular weight is 499 g/mol. The molecule has 0 aliphatic rings. The van der Waals surface area contributed by atoms with Gasteiger partial charge in [0.2, 0.25) is 0 Å². The lowest BCUT2D eigenvalue weighted by atomic mass is 10.2. The first-order valence-corrected chi connectivity index (χ1v) is 10.8. The van der Waals surface area contributed by atoms with Crippen LogP contribution in [0.1, 0.15) is 33.3 Å². The van der Waals surface area contributed by atoms with Gasteiger partial charge in [-0.1, -0.05) is 29.8 Å². The van der Waals surface area contributed by atoms with E-state index in [2.05, 4.69) is 10.4 Å². The molecule has 2 aromatic carbocycles. The van der Waals surface area contributed by atoms with Crippen molar-refractivity contribution in [2.45, 2.75) is 27.0 Å². The summed E-state index contributed by atoms with van der Waals surface area (Å²) in [5, 5.41) is 18.3. The third kappa shape index (κ3) is 5.33. The fraction of sp³-hybridized carbons (Fsp3) is 0.167. The molecule has 2 heterocycles. The van der Waals surface area contributed by atoms with E-state index >= 15 is 0 Å². The smallest absolute Gasteiger partial charge is 0.291 e. The fourth-order valence-electron chi connectivity index (χ4n) is 3.44. The monoisotopic (exact) mass is 498 g/mol. The maximum absolute atomic E-state index is 14.0. The lowest BCUT2D eigenvalue weighted by Gasteiger charge is -2.07. The van der Waals surface area contributed by atoms with E-state index in [9.17, 15) is 19.3 Å². The number of furan rings is 1. The van der Waals surface area contributed by atoms with E-state index in [-0.39, 0.29) is 41.2 Å². The molecule has 1 N–H and O–H groups in total. The number of nitrogens with zero attached hydrogens (tertiary/aromatic N) is 3. The van der Waals surface area contributed by atoms with Gasteiger partial charge in [-0.05, 0) is 38.1 Å². The lowest BCUT2D eigenvalue weighted by molar-refractivity contribution is -0.384. The lowest BCUT2D eigenvalue weighted by Crippen LogP contribution is -2.12. The van der Waals surface area contributed by atoms with Crippen LogP contribution in [0.25, 0.3) is 0 Å². The largest absolute Gasteiger partial charge is 0.484 e. The molecule has 0 aliphatic carbocycles. The SMILES string of the molecule is Cc1nn(Cc2ccccc2F)c(C)c1NC(=O)c1ccc(COc2cc([N+](=O)[O-])ccc2Cl)o1. The molecule has 0 bridgehead atoms. The highest BCUT2D eigenvalue weighted by molar-refractivity contribution is 6.32. The highest BCUT2D eigenvalue weighted by Gasteiger charge is 2.19. The number of carbonyl (C=O) groups excluding carboxylic acids is 1. The predicted molar refractivity (Wildman–Crippen MR) is 126 cm³/mol. The predicted octanol–water partition coefficient (Wildman–Crippen LogP) is 5.67. The quantitative estimate of drug-likeness (QED) is 0.247. The minimum atomic E-state index is -0.555. The summed E-state index contributed by atoms with van der Waals surface area (Å²) in [6.45, 7) is 3.65. The van der Waals surface area contributed by atoms with Gasteiger partial charge in [-0.3, -0.25) is 19.6 Å². The molecule has 0 fully saturated rings. The third-order valence-electron chi connectivity index (χ3n) is 5.28. The molecular weight excluding hydrogens is 479 g/mol. The molecule has 0 spiro atoms. The summed E-state index contributed by atoms with van der Waals surface area (Å²) >= 11 is 6.03. The number of nitro benzene ring substituents is 1. The summed E-state index contributed by atoms with van der Waals surface area (Å²) in [6, 6.07) is 13.3. The van der Waals surface area contributed by atoms with E-state index < -0.39 is 10.8 Å². The van der Waals surface area contributed by atoms with Crippen LogP contribution < -0.4 is 10.1 Å². The second-order valence-corrected chi connectivity index (χ2v) is 8.08. The van der Waals surface area contributed by atoms with Gasteiger partial charge >= 0.3 is 0 Å².